The quantitative estimate of drug-likeness (QED) is 0.397. The van der Waals surface area contributed by atoms with Gasteiger partial charge in [-0.05, 0) is 5.56 Å². The van der Waals surface area contributed by atoms with Gasteiger partial charge < -0.3 is 10.5 Å². The van der Waals surface area contributed by atoms with Gasteiger partial charge in [-0.25, -0.2) is 4.74 Å². The molecule has 0 spiro atoms. The molecule has 0 aliphatic rings. The third-order valence-corrected chi connectivity index (χ3v) is 3.22. The van der Waals surface area contributed by atoms with Gasteiger partial charge in [-0.15, -0.1) is 0 Å². The minimum Gasteiger partial charge on any atom is -0.623 e. The van der Waals surface area contributed by atoms with Crippen molar-refractivity contribution in [2.45, 2.75) is 19.5 Å². The highest BCUT2D eigenvalue weighted by Gasteiger charge is 2.13. The fraction of sp³-hybridized carbons (Fsp3) is 0.176. The van der Waals surface area contributed by atoms with E-state index in [0.717, 1.165) is 17.3 Å². The highest BCUT2D eigenvalue weighted by atomic mass is 16.5. The Bertz CT molecular complexity index is 609. The van der Waals surface area contributed by atoms with Crippen LogP contribution in [0.5, 0.6) is 0 Å². The number of amides is 1. The number of nitrogens with zero attached hydrogens (tertiary/aromatic N) is 1. The molecule has 0 aliphatic heterocycles. The molecule has 0 radical (unpaired) electrons. The maximum Gasteiger partial charge on any atom is 0.309 e. The number of carbonyl (C=O) groups is 1. The first-order valence-electron chi connectivity index (χ1n) is 6.84. The van der Waals surface area contributed by atoms with Gasteiger partial charge in [-0.2, -0.15) is 0 Å². The van der Waals surface area contributed by atoms with E-state index >= 15 is 0 Å². The largest absolute Gasteiger partial charge is 0.623 e. The van der Waals surface area contributed by atoms with Crippen molar-refractivity contribution < 1.29 is 9.53 Å². The van der Waals surface area contributed by atoms with E-state index < -0.39 is 11.9 Å². The molecule has 0 fully saturated rings. The molecule has 0 bridgehead atoms. The molecule has 1 N–H and O–H groups in total. The lowest BCUT2D eigenvalue weighted by molar-refractivity contribution is -0.497. The van der Waals surface area contributed by atoms with Crippen molar-refractivity contribution in [3.05, 3.63) is 77.0 Å². The number of nitrogens with one attached hydrogen (secondary N) is 1. The van der Waals surface area contributed by atoms with Crippen molar-refractivity contribution in [2.75, 3.05) is 0 Å². The van der Waals surface area contributed by atoms with Crippen molar-refractivity contribution in [1.29, 1.82) is 0 Å². The summed E-state index contributed by atoms with van der Waals surface area (Å²) in [6.45, 7) is 2.17. The van der Waals surface area contributed by atoms with Crippen LogP contribution in [0, 0.1) is 5.21 Å². The number of hydrogen-bond donors (Lipinski definition) is 1. The van der Waals surface area contributed by atoms with Gasteiger partial charge in [0, 0.05) is 19.0 Å². The Balaban J connectivity index is 1.94. The summed E-state index contributed by atoms with van der Waals surface area (Å²) in [5, 5.41) is 14.7. The summed E-state index contributed by atoms with van der Waals surface area (Å²) in [6.07, 6.45) is 1.06. The minimum atomic E-state index is -0.395. The summed E-state index contributed by atoms with van der Waals surface area (Å²) in [6, 6.07) is 18.5. The van der Waals surface area contributed by atoms with Gasteiger partial charge >= 0.3 is 5.91 Å². The Kier molecular flexibility index (Phi) is 5.10. The topological polar surface area (TPSA) is 55.2 Å². The number of carbonyl (C=O) groups excluding carboxylic acids is 1. The summed E-state index contributed by atoms with van der Waals surface area (Å²) >= 11 is 0. The monoisotopic (exact) mass is 282 g/mol. The van der Waals surface area contributed by atoms with Gasteiger partial charge in [0.2, 0.25) is 6.21 Å². The van der Waals surface area contributed by atoms with Gasteiger partial charge in [0.05, 0.1) is 0 Å². The zero-order valence-corrected chi connectivity index (χ0v) is 11.9. The van der Waals surface area contributed by atoms with Crippen molar-refractivity contribution in [3.63, 3.8) is 0 Å². The molecule has 4 heteroatoms. The Labute approximate surface area is 124 Å². The van der Waals surface area contributed by atoms with Gasteiger partial charge in [-0.1, -0.05) is 60.7 Å². The third kappa shape index (κ3) is 4.45. The van der Waals surface area contributed by atoms with Crippen LogP contribution in [0.1, 0.15) is 24.1 Å². The molecule has 21 heavy (non-hydrogen) atoms. The molecule has 1 atom stereocenters. The zero-order valence-electron chi connectivity index (χ0n) is 11.9. The van der Waals surface area contributed by atoms with Crippen LogP contribution >= 0.6 is 0 Å². The first-order valence-corrected chi connectivity index (χ1v) is 6.84. The van der Waals surface area contributed by atoms with Crippen molar-refractivity contribution in [1.82, 2.24) is 5.32 Å². The number of benzene rings is 2. The average molecular weight is 282 g/mol. The van der Waals surface area contributed by atoms with Crippen LogP contribution in [0.4, 0.5) is 0 Å². The fourth-order valence-corrected chi connectivity index (χ4v) is 1.94. The fourth-order valence-electron chi connectivity index (χ4n) is 1.94. The van der Waals surface area contributed by atoms with E-state index in [1.165, 1.54) is 0 Å². The highest BCUT2D eigenvalue weighted by Crippen LogP contribution is 2.14. The predicted molar refractivity (Wildman–Crippen MR) is 82.8 cm³/mol. The van der Waals surface area contributed by atoms with Gasteiger partial charge in [-0.3, -0.25) is 4.79 Å². The lowest BCUT2D eigenvalue weighted by atomic mass is 10.1. The molecule has 0 heterocycles. The molecule has 0 saturated heterocycles. The van der Waals surface area contributed by atoms with Gasteiger partial charge in [0.25, 0.3) is 0 Å². The maximum atomic E-state index is 12.0. The predicted octanol–water partition coefficient (Wildman–Crippen LogP) is 2.65. The summed E-state index contributed by atoms with van der Waals surface area (Å²) < 4.78 is 0.676. The number of hydrogen-bond acceptors (Lipinski definition) is 2. The summed E-state index contributed by atoms with van der Waals surface area (Å²) in [4.78, 5) is 11.8. The normalized spacial score (nSPS) is 12.7. The SMILES string of the molecule is C[C@H](c1ccccc1)/[N+]([O-])=C/C(=O)NCc1ccccc1. The summed E-state index contributed by atoms with van der Waals surface area (Å²) in [5.41, 5.74) is 1.87. The van der Waals surface area contributed by atoms with E-state index in [4.69, 9.17) is 0 Å². The molecule has 0 unspecified atom stereocenters. The molecule has 0 aromatic heterocycles. The van der Waals surface area contributed by atoms with Crippen molar-refractivity contribution in [3.8, 4) is 0 Å². The molecule has 1 amide bonds. The summed E-state index contributed by atoms with van der Waals surface area (Å²) in [7, 11) is 0. The maximum absolute atomic E-state index is 12.0. The number of hydroxylamine groups is 1. The molecule has 2 rings (SSSR count). The standard InChI is InChI=1S/C17H18N2O2/c1-14(16-10-6-3-7-11-16)19(21)13-17(20)18-12-15-8-4-2-5-9-15/h2-11,13-14H,12H2,1H3,(H,18,20)/b19-13-/t14-/m1/s1. The number of rotatable bonds is 5. The van der Waals surface area contributed by atoms with E-state index in [0.29, 0.717) is 11.3 Å². The summed E-state index contributed by atoms with van der Waals surface area (Å²) in [5.74, 6) is -0.392. The van der Waals surface area contributed by atoms with Crippen LogP contribution in [0.2, 0.25) is 0 Å². The van der Waals surface area contributed by atoms with Crippen LogP contribution in [0.15, 0.2) is 60.7 Å². The second kappa shape index (κ2) is 7.24. The van der Waals surface area contributed by atoms with E-state index in [1.807, 2.05) is 60.7 Å². The van der Waals surface area contributed by atoms with Crippen molar-refractivity contribution >= 4 is 12.1 Å². The molecule has 4 nitrogen and oxygen atoms in total. The molecular formula is C17H18N2O2. The highest BCUT2D eigenvalue weighted by molar-refractivity contribution is 6.24. The average Bonchev–Trinajstić information content (AvgIpc) is 2.54. The first-order chi connectivity index (χ1) is 10.2. The lowest BCUT2D eigenvalue weighted by Crippen LogP contribution is -2.28. The van der Waals surface area contributed by atoms with Crippen LogP contribution in [0.25, 0.3) is 0 Å². The second-order valence-electron chi connectivity index (χ2n) is 4.78. The third-order valence-electron chi connectivity index (χ3n) is 3.22. The second-order valence-corrected chi connectivity index (χ2v) is 4.78. The smallest absolute Gasteiger partial charge is 0.309 e. The van der Waals surface area contributed by atoms with Gasteiger partial charge in [0.1, 0.15) is 0 Å². The van der Waals surface area contributed by atoms with E-state index in [9.17, 15) is 10.0 Å². The Morgan fingerprint density at radius 2 is 1.71 bits per heavy atom. The van der Waals surface area contributed by atoms with E-state index in [1.54, 1.807) is 6.92 Å². The molecule has 0 aliphatic carbocycles. The first kappa shape index (κ1) is 14.8. The molecular weight excluding hydrogens is 264 g/mol. The molecule has 0 saturated carbocycles. The molecule has 108 valence electrons. The zero-order chi connectivity index (χ0) is 15.1. The van der Waals surface area contributed by atoms with Crippen LogP contribution in [-0.4, -0.2) is 16.9 Å². The Morgan fingerprint density at radius 1 is 1.14 bits per heavy atom. The molecule has 2 aromatic rings. The van der Waals surface area contributed by atoms with Crippen LogP contribution < -0.4 is 5.32 Å². The minimum absolute atomic E-state index is 0.392. The van der Waals surface area contributed by atoms with Crippen LogP contribution in [-0.2, 0) is 11.3 Å². The van der Waals surface area contributed by atoms with E-state index in [-0.39, 0.29) is 0 Å². The van der Waals surface area contributed by atoms with Gasteiger partial charge in [0.15, 0.2) is 6.04 Å². The van der Waals surface area contributed by atoms with E-state index in [2.05, 4.69) is 5.32 Å². The molecule has 2 aromatic carbocycles. The Morgan fingerprint density at radius 3 is 2.33 bits per heavy atom. The van der Waals surface area contributed by atoms with Crippen molar-refractivity contribution in [2.24, 2.45) is 0 Å². The lowest BCUT2D eigenvalue weighted by Gasteiger charge is -2.12. The Hall–Kier alpha value is -2.62. The van der Waals surface area contributed by atoms with Crippen LogP contribution in [0.3, 0.4) is 0 Å².